The number of hydrogen-bond acceptors (Lipinski definition) is 6. The Morgan fingerprint density at radius 2 is 1.77 bits per heavy atom. The van der Waals surface area contributed by atoms with Gasteiger partial charge in [0.1, 0.15) is 6.61 Å². The van der Waals surface area contributed by atoms with Gasteiger partial charge in [0.05, 0.1) is 18.8 Å². The van der Waals surface area contributed by atoms with E-state index in [1.165, 1.54) is 7.11 Å². The number of amides is 1. The molecule has 0 aliphatic carbocycles. The number of carboxylic acid groups (broad SMARTS) is 1. The van der Waals surface area contributed by atoms with Gasteiger partial charge in [0.2, 0.25) is 0 Å². The molecule has 0 spiro atoms. The highest BCUT2D eigenvalue weighted by Crippen LogP contribution is 2.28. The fourth-order valence-electron chi connectivity index (χ4n) is 2.01. The molecule has 0 heterocycles. The normalized spacial score (nSPS) is 11.0. The number of aliphatic carboxylic acids is 1. The number of hydrazone groups is 1. The summed E-state index contributed by atoms with van der Waals surface area (Å²) < 4.78 is 10.3. The lowest BCUT2D eigenvalue weighted by atomic mass is 10.1. The lowest BCUT2D eigenvalue weighted by Gasteiger charge is -2.12. The fourth-order valence-corrected chi connectivity index (χ4v) is 2.14. The molecular weight excluding hydrogens is 360 g/mol. The molecule has 0 fully saturated rings. The summed E-state index contributed by atoms with van der Waals surface area (Å²) in [5.41, 5.74) is 4.07. The highest BCUT2D eigenvalue weighted by molar-refractivity contribution is 6.30. The highest BCUT2D eigenvalue weighted by Gasteiger charge is 2.09. The molecule has 1 amide bonds. The Labute approximate surface area is 155 Å². The first-order valence-electron chi connectivity index (χ1n) is 7.52. The van der Waals surface area contributed by atoms with Crippen LogP contribution in [0.1, 0.15) is 22.8 Å². The van der Waals surface area contributed by atoms with Crippen molar-refractivity contribution in [1.29, 1.82) is 0 Å². The van der Waals surface area contributed by atoms with Crippen LogP contribution in [0.25, 0.3) is 0 Å². The maximum absolute atomic E-state index is 12.1. The molecule has 2 aromatic carbocycles. The van der Waals surface area contributed by atoms with Gasteiger partial charge in [-0.2, -0.15) is 5.10 Å². The quantitative estimate of drug-likeness (QED) is 0.585. The van der Waals surface area contributed by atoms with Gasteiger partial charge in [0, 0.05) is 16.1 Å². The van der Waals surface area contributed by atoms with Crippen LogP contribution in [0.3, 0.4) is 0 Å². The van der Waals surface area contributed by atoms with Crippen molar-refractivity contribution >= 4 is 29.2 Å². The summed E-state index contributed by atoms with van der Waals surface area (Å²) in [5.74, 6) is -1.11. The lowest BCUT2D eigenvalue weighted by Crippen LogP contribution is -2.29. The van der Waals surface area contributed by atoms with Crippen LogP contribution < -0.4 is 20.0 Å². The van der Waals surface area contributed by atoms with Crippen molar-refractivity contribution < 1.29 is 24.2 Å². The molecular formula is C18H16ClN2O5-. The van der Waals surface area contributed by atoms with Crippen molar-refractivity contribution in [2.24, 2.45) is 5.10 Å². The number of carbonyl (C=O) groups excluding carboxylic acids is 2. The molecule has 0 saturated heterocycles. The van der Waals surface area contributed by atoms with Crippen molar-refractivity contribution in [3.63, 3.8) is 0 Å². The maximum Gasteiger partial charge on any atom is 0.271 e. The number of halogens is 1. The number of nitrogens with zero attached hydrogens (tertiary/aromatic N) is 1. The number of nitrogens with one attached hydrogen (secondary N) is 1. The third-order valence-corrected chi connectivity index (χ3v) is 3.61. The minimum absolute atomic E-state index is 0.262. The molecule has 2 rings (SSSR count). The van der Waals surface area contributed by atoms with Crippen molar-refractivity contribution in [2.75, 3.05) is 13.7 Å². The molecule has 0 saturated carbocycles. The zero-order valence-electron chi connectivity index (χ0n) is 14.1. The van der Waals surface area contributed by atoms with Gasteiger partial charge in [-0.3, -0.25) is 4.79 Å². The third-order valence-electron chi connectivity index (χ3n) is 3.36. The number of benzene rings is 2. The van der Waals surface area contributed by atoms with E-state index in [4.69, 9.17) is 21.1 Å². The molecule has 7 nitrogen and oxygen atoms in total. The van der Waals surface area contributed by atoms with Gasteiger partial charge in [0.15, 0.2) is 11.5 Å². The van der Waals surface area contributed by atoms with E-state index in [2.05, 4.69) is 10.5 Å². The molecule has 0 radical (unpaired) electrons. The summed E-state index contributed by atoms with van der Waals surface area (Å²) in [6, 6.07) is 11.3. The van der Waals surface area contributed by atoms with E-state index >= 15 is 0 Å². The predicted octanol–water partition coefficient (Wildman–Crippen LogP) is 1.63. The van der Waals surface area contributed by atoms with Gasteiger partial charge in [-0.25, -0.2) is 5.43 Å². The Balaban J connectivity index is 2.11. The largest absolute Gasteiger partial charge is 0.546 e. The Hall–Kier alpha value is -3.06. The zero-order valence-corrected chi connectivity index (χ0v) is 14.9. The summed E-state index contributed by atoms with van der Waals surface area (Å²) in [6.07, 6.45) is 0. The number of ether oxygens (including phenoxy) is 2. The average molecular weight is 376 g/mol. The van der Waals surface area contributed by atoms with Crippen LogP contribution in [-0.2, 0) is 4.79 Å². The summed E-state index contributed by atoms with van der Waals surface area (Å²) >= 11 is 5.79. The van der Waals surface area contributed by atoms with Gasteiger partial charge in [-0.1, -0.05) is 11.6 Å². The second-order valence-corrected chi connectivity index (χ2v) is 5.61. The number of methoxy groups -OCH3 is 1. The molecule has 136 valence electrons. The van der Waals surface area contributed by atoms with Crippen LogP contribution in [-0.4, -0.2) is 31.3 Å². The first-order valence-corrected chi connectivity index (χ1v) is 7.89. The maximum atomic E-state index is 12.1. The zero-order chi connectivity index (χ0) is 19.1. The topological polar surface area (TPSA) is 100 Å². The predicted molar refractivity (Wildman–Crippen MR) is 94.6 cm³/mol. The standard InChI is InChI=1S/C18H17ClN2O5/c1-11(20-21-18(24)12-3-6-14(19)7-4-12)13-5-8-15(16(9-13)25-2)26-10-17(22)23/h3-9H,10H2,1-2H3,(H,21,24)(H,22,23)/p-1/b20-11-. The average Bonchev–Trinajstić information content (AvgIpc) is 2.64. The minimum Gasteiger partial charge on any atom is -0.546 e. The van der Waals surface area contributed by atoms with E-state index in [0.29, 0.717) is 27.6 Å². The lowest BCUT2D eigenvalue weighted by molar-refractivity contribution is -0.307. The van der Waals surface area contributed by atoms with Gasteiger partial charge in [0.25, 0.3) is 5.91 Å². The van der Waals surface area contributed by atoms with E-state index in [1.54, 1.807) is 49.4 Å². The molecule has 0 aromatic heterocycles. The van der Waals surface area contributed by atoms with E-state index in [9.17, 15) is 14.7 Å². The Morgan fingerprint density at radius 1 is 1.12 bits per heavy atom. The molecule has 0 atom stereocenters. The Bertz CT molecular complexity index is 834. The monoisotopic (exact) mass is 375 g/mol. The van der Waals surface area contributed by atoms with Gasteiger partial charge in [-0.15, -0.1) is 0 Å². The minimum atomic E-state index is -1.33. The highest BCUT2D eigenvalue weighted by atomic mass is 35.5. The van der Waals surface area contributed by atoms with Crippen LogP contribution in [0.5, 0.6) is 11.5 Å². The number of carbonyl (C=O) groups is 2. The number of hydrogen-bond donors (Lipinski definition) is 1. The van der Waals surface area contributed by atoms with E-state index in [1.807, 2.05) is 0 Å². The molecule has 0 unspecified atom stereocenters. The smallest absolute Gasteiger partial charge is 0.271 e. The van der Waals surface area contributed by atoms with Gasteiger partial charge >= 0.3 is 0 Å². The second kappa shape index (κ2) is 8.87. The van der Waals surface area contributed by atoms with Crippen molar-refractivity contribution in [3.05, 3.63) is 58.6 Å². The van der Waals surface area contributed by atoms with Crippen LogP contribution in [0.2, 0.25) is 5.02 Å². The molecule has 2 aromatic rings. The van der Waals surface area contributed by atoms with Gasteiger partial charge < -0.3 is 19.4 Å². The van der Waals surface area contributed by atoms with E-state index < -0.39 is 12.6 Å². The van der Waals surface area contributed by atoms with Crippen LogP contribution in [0.15, 0.2) is 47.6 Å². The van der Waals surface area contributed by atoms with Gasteiger partial charge in [-0.05, 0) is 49.4 Å². The van der Waals surface area contributed by atoms with Crippen LogP contribution >= 0.6 is 11.6 Å². The van der Waals surface area contributed by atoms with Crippen molar-refractivity contribution in [1.82, 2.24) is 5.43 Å². The Morgan fingerprint density at radius 3 is 2.38 bits per heavy atom. The van der Waals surface area contributed by atoms with Crippen molar-refractivity contribution in [3.8, 4) is 11.5 Å². The van der Waals surface area contributed by atoms with E-state index in [0.717, 1.165) is 0 Å². The van der Waals surface area contributed by atoms with E-state index in [-0.39, 0.29) is 11.7 Å². The third kappa shape index (κ3) is 5.22. The first-order chi connectivity index (χ1) is 12.4. The summed E-state index contributed by atoms with van der Waals surface area (Å²) in [6.45, 7) is 1.12. The molecule has 0 aliphatic heterocycles. The molecule has 26 heavy (non-hydrogen) atoms. The summed E-state index contributed by atoms with van der Waals surface area (Å²) in [4.78, 5) is 22.5. The first kappa shape index (κ1) is 19.3. The SMILES string of the molecule is COc1cc(/C(C)=N\NC(=O)c2ccc(Cl)cc2)ccc1OCC(=O)[O-]. The molecule has 0 bridgehead atoms. The summed E-state index contributed by atoms with van der Waals surface area (Å²) in [5, 5.41) is 15.1. The fraction of sp³-hybridized carbons (Fsp3) is 0.167. The van der Waals surface area contributed by atoms with Crippen LogP contribution in [0, 0.1) is 0 Å². The van der Waals surface area contributed by atoms with Crippen LogP contribution in [0.4, 0.5) is 0 Å². The number of rotatable bonds is 7. The molecule has 0 aliphatic rings. The molecule has 8 heteroatoms. The number of carboxylic acids is 1. The molecule has 1 N–H and O–H groups in total. The second-order valence-electron chi connectivity index (χ2n) is 5.17. The van der Waals surface area contributed by atoms with Crippen molar-refractivity contribution in [2.45, 2.75) is 6.92 Å². The Kier molecular flexibility index (Phi) is 6.57. The summed E-state index contributed by atoms with van der Waals surface area (Å²) in [7, 11) is 1.43.